The Balaban J connectivity index is 0.000000179. The number of hydrogen-bond donors (Lipinski definition) is 0. The average molecular weight is 871 g/mol. The summed E-state index contributed by atoms with van der Waals surface area (Å²) in [6.07, 6.45) is 3.97. The number of aromatic nitrogens is 2. The van der Waals surface area contributed by atoms with Crippen molar-refractivity contribution in [2.45, 2.75) is 45.8 Å². The van der Waals surface area contributed by atoms with E-state index in [0.29, 0.717) is 0 Å². The molecule has 0 aliphatic rings. The van der Waals surface area contributed by atoms with Crippen LogP contribution in [0.4, 0.5) is 0 Å². The van der Waals surface area contributed by atoms with Crippen molar-refractivity contribution in [1.82, 2.24) is 9.97 Å². The second-order valence-electron chi connectivity index (χ2n) is 14.7. The minimum Gasteiger partial charge on any atom is -0.500 e. The van der Waals surface area contributed by atoms with Gasteiger partial charge in [0.15, 0.2) is 0 Å². The molecule has 0 amide bonds. The molecule has 5 aromatic carbocycles. The first-order chi connectivity index (χ1) is 24.6. The van der Waals surface area contributed by atoms with Crippen LogP contribution in [-0.2, 0) is 25.5 Å². The number of furan rings is 1. The number of benzene rings is 5. The van der Waals surface area contributed by atoms with Crippen LogP contribution in [0.1, 0.15) is 30.5 Å². The molecule has 3 nitrogen and oxygen atoms in total. The van der Waals surface area contributed by atoms with Crippen LogP contribution in [0.5, 0.6) is 0 Å². The zero-order valence-electron chi connectivity index (χ0n) is 30.5. The Kier molecular flexibility index (Phi) is 10.9. The van der Waals surface area contributed by atoms with E-state index < -0.39 is 8.07 Å². The Hall–Kier alpha value is -4.93. The predicted octanol–water partition coefficient (Wildman–Crippen LogP) is 11.8. The summed E-state index contributed by atoms with van der Waals surface area (Å²) in [5.74, 6) is 0. The summed E-state index contributed by atoms with van der Waals surface area (Å²) in [6, 6.07) is 52.8. The van der Waals surface area contributed by atoms with Crippen LogP contribution >= 0.6 is 0 Å². The molecule has 0 spiro atoms. The maximum absolute atomic E-state index is 5.93. The molecule has 3 aromatic heterocycles. The quantitative estimate of drug-likeness (QED) is 0.123. The first kappa shape index (κ1) is 36.8. The van der Waals surface area contributed by atoms with Crippen LogP contribution < -0.4 is 5.19 Å². The van der Waals surface area contributed by atoms with E-state index in [9.17, 15) is 0 Å². The molecular weight excluding hydrogens is 829 g/mol. The third-order valence-electron chi connectivity index (χ3n) is 9.60. The van der Waals surface area contributed by atoms with Crippen molar-refractivity contribution < 1.29 is 24.5 Å². The van der Waals surface area contributed by atoms with Crippen LogP contribution in [0, 0.1) is 19.1 Å². The summed E-state index contributed by atoms with van der Waals surface area (Å²) in [5, 5.41) is 3.62. The largest absolute Gasteiger partial charge is 0.500 e. The van der Waals surface area contributed by atoms with E-state index in [4.69, 9.17) is 9.40 Å². The third-order valence-corrected chi connectivity index (χ3v) is 11.6. The Morgan fingerprint density at radius 3 is 2.00 bits per heavy atom. The Bertz CT molecular complexity index is 2430. The van der Waals surface area contributed by atoms with E-state index in [1.807, 2.05) is 36.5 Å². The number of hydrogen-bond acceptors (Lipinski definition) is 3. The van der Waals surface area contributed by atoms with Gasteiger partial charge in [-0.2, -0.15) is 0 Å². The minimum absolute atomic E-state index is 0. The van der Waals surface area contributed by atoms with Gasteiger partial charge in [0.05, 0.1) is 13.7 Å². The van der Waals surface area contributed by atoms with Gasteiger partial charge in [0.25, 0.3) is 0 Å². The smallest absolute Gasteiger partial charge is 0.120 e. The van der Waals surface area contributed by atoms with Gasteiger partial charge in [-0.1, -0.05) is 137 Å². The standard InChI is InChI=1S/C26H20NO.C21H22NSi.Ir/c1-26(2,19-8-4-3-5-9-19)20-14-15-27-23(17-20)18-12-13-25-22(16-18)21-10-6-7-11-24(21)28-25;1-16-10-12-18(13-11-16)20-14-19(17-8-6-5-7-9-17)21(15-22-20)23(2,3)4;/h3-11,13-17H,1-2H3;5-12,14-15H,1-4H3;/q2*-1;. The van der Waals surface area contributed by atoms with Gasteiger partial charge in [-0.05, 0) is 51.0 Å². The Morgan fingerprint density at radius 2 is 1.29 bits per heavy atom. The van der Waals surface area contributed by atoms with E-state index >= 15 is 0 Å². The van der Waals surface area contributed by atoms with Crippen molar-refractivity contribution >= 4 is 35.2 Å². The number of para-hydroxylation sites is 1. The van der Waals surface area contributed by atoms with Crippen LogP contribution in [0.3, 0.4) is 0 Å². The SMILES string of the molecule is CC(C)(c1ccccc1)c1ccnc(-c2[c-]cc3oc4ccccc4c3c2)c1.Cc1c[c-]c(-c2cc(-c3ccccc3)c([Si](C)(C)C)cn2)cc1.[Ir]. The molecule has 0 saturated heterocycles. The fraction of sp³-hybridized carbons (Fsp3) is 0.149. The molecule has 0 bridgehead atoms. The van der Waals surface area contributed by atoms with Gasteiger partial charge in [0.2, 0.25) is 0 Å². The summed E-state index contributed by atoms with van der Waals surface area (Å²) in [7, 11) is -1.47. The molecule has 5 heteroatoms. The summed E-state index contributed by atoms with van der Waals surface area (Å²) < 4.78 is 5.93. The van der Waals surface area contributed by atoms with Gasteiger partial charge in [0, 0.05) is 43.3 Å². The zero-order chi connectivity index (χ0) is 35.6. The molecule has 0 aliphatic heterocycles. The molecule has 1 radical (unpaired) electrons. The summed E-state index contributed by atoms with van der Waals surface area (Å²) in [5.41, 5.74) is 11.9. The van der Waals surface area contributed by atoms with Crippen LogP contribution in [0.15, 0.2) is 150 Å². The van der Waals surface area contributed by atoms with Crippen LogP contribution in [-0.4, -0.2) is 18.0 Å². The van der Waals surface area contributed by atoms with E-state index in [-0.39, 0.29) is 25.5 Å². The summed E-state index contributed by atoms with van der Waals surface area (Å²) in [6.45, 7) is 13.7. The van der Waals surface area contributed by atoms with Gasteiger partial charge in [-0.15, -0.1) is 59.2 Å². The van der Waals surface area contributed by atoms with Crippen molar-refractivity contribution in [3.63, 3.8) is 0 Å². The molecule has 0 fully saturated rings. The summed E-state index contributed by atoms with van der Waals surface area (Å²) >= 11 is 0. The van der Waals surface area contributed by atoms with E-state index in [1.54, 1.807) is 0 Å². The Morgan fingerprint density at radius 1 is 0.615 bits per heavy atom. The van der Waals surface area contributed by atoms with Crippen molar-refractivity contribution in [2.75, 3.05) is 0 Å². The molecular formula is C47H42IrN2OSi-2. The number of nitrogens with zero attached hydrogens (tertiary/aromatic N) is 2. The molecule has 0 aliphatic carbocycles. The van der Waals surface area contributed by atoms with E-state index in [2.05, 4.69) is 167 Å². The normalized spacial score (nSPS) is 11.5. The number of rotatable bonds is 6. The first-order valence-corrected chi connectivity index (χ1v) is 21.0. The van der Waals surface area contributed by atoms with Crippen LogP contribution in [0.2, 0.25) is 19.6 Å². The minimum atomic E-state index is -1.47. The average Bonchev–Trinajstić information content (AvgIpc) is 3.54. The van der Waals surface area contributed by atoms with E-state index in [0.717, 1.165) is 44.5 Å². The summed E-state index contributed by atoms with van der Waals surface area (Å²) in [4.78, 5) is 9.36. The molecule has 261 valence electrons. The monoisotopic (exact) mass is 871 g/mol. The maximum atomic E-state index is 5.93. The number of aryl methyl sites for hydroxylation is 1. The van der Waals surface area contributed by atoms with Gasteiger partial charge < -0.3 is 14.4 Å². The number of fused-ring (bicyclic) bond motifs is 3. The van der Waals surface area contributed by atoms with Gasteiger partial charge in [0.1, 0.15) is 5.58 Å². The molecule has 0 N–H and O–H groups in total. The van der Waals surface area contributed by atoms with Crippen molar-refractivity contribution in [3.8, 4) is 33.6 Å². The second kappa shape index (κ2) is 15.4. The molecule has 0 atom stereocenters. The topological polar surface area (TPSA) is 38.9 Å². The maximum Gasteiger partial charge on any atom is 0.120 e. The fourth-order valence-corrected chi connectivity index (χ4v) is 8.00. The predicted molar refractivity (Wildman–Crippen MR) is 216 cm³/mol. The molecule has 8 aromatic rings. The van der Waals surface area contributed by atoms with Crippen molar-refractivity contribution in [3.05, 3.63) is 175 Å². The molecule has 3 heterocycles. The molecule has 8 rings (SSSR count). The first-order valence-electron chi connectivity index (χ1n) is 17.5. The third kappa shape index (κ3) is 7.78. The van der Waals surface area contributed by atoms with Crippen molar-refractivity contribution in [2.24, 2.45) is 0 Å². The molecule has 0 saturated carbocycles. The fourth-order valence-electron chi connectivity index (χ4n) is 6.52. The Labute approximate surface area is 322 Å². The van der Waals surface area contributed by atoms with Crippen molar-refractivity contribution in [1.29, 1.82) is 0 Å². The van der Waals surface area contributed by atoms with E-state index in [1.165, 1.54) is 33.0 Å². The second-order valence-corrected chi connectivity index (χ2v) is 19.7. The molecule has 52 heavy (non-hydrogen) atoms. The number of pyridine rings is 2. The van der Waals surface area contributed by atoms with Crippen LogP contribution in [0.25, 0.3) is 55.6 Å². The molecule has 0 unspecified atom stereocenters. The van der Waals surface area contributed by atoms with Gasteiger partial charge >= 0.3 is 0 Å². The zero-order valence-corrected chi connectivity index (χ0v) is 33.9. The van der Waals surface area contributed by atoms with Gasteiger partial charge in [-0.25, -0.2) is 0 Å². The van der Waals surface area contributed by atoms with Gasteiger partial charge in [-0.3, -0.25) is 0 Å².